The van der Waals surface area contributed by atoms with E-state index in [0.29, 0.717) is 21.6 Å². The molecule has 8 nitrogen and oxygen atoms in total. The normalized spacial score (nSPS) is 12.2. The highest BCUT2D eigenvalue weighted by Gasteiger charge is 2.22. The van der Waals surface area contributed by atoms with Gasteiger partial charge in [-0.15, -0.1) is 10.2 Å². The highest BCUT2D eigenvalue weighted by molar-refractivity contribution is 8.00. The number of nitrogens with two attached hydrogens (primary N) is 1. The first kappa shape index (κ1) is 19.2. The number of aryl methyl sites for hydroxylation is 2. The van der Waals surface area contributed by atoms with Crippen molar-refractivity contribution in [3.05, 3.63) is 40.7 Å². The van der Waals surface area contributed by atoms with Gasteiger partial charge in [-0.05, 0) is 32.9 Å². The molecule has 0 radical (unpaired) electrons. The minimum atomic E-state index is -0.436. The van der Waals surface area contributed by atoms with Gasteiger partial charge in [-0.1, -0.05) is 35.5 Å². The molecule has 1 atom stereocenters. The average Bonchev–Trinajstić information content (AvgIpc) is 3.10. The second-order valence-electron chi connectivity index (χ2n) is 6.07. The molecule has 3 aromatic rings. The molecule has 0 bridgehead atoms. The van der Waals surface area contributed by atoms with Gasteiger partial charge in [0.15, 0.2) is 5.82 Å². The van der Waals surface area contributed by atoms with Gasteiger partial charge in [-0.3, -0.25) is 9.48 Å². The van der Waals surface area contributed by atoms with E-state index in [-0.39, 0.29) is 5.91 Å². The molecule has 1 amide bonds. The zero-order valence-corrected chi connectivity index (χ0v) is 17.0. The summed E-state index contributed by atoms with van der Waals surface area (Å²) in [5.41, 5.74) is 3.06. The number of rotatable bonds is 5. The molecular weight excluding hydrogens is 386 g/mol. The van der Waals surface area contributed by atoms with Crippen LogP contribution < -0.4 is 11.2 Å². The van der Waals surface area contributed by atoms with Gasteiger partial charge >= 0.3 is 0 Å². The maximum atomic E-state index is 12.6. The number of amides is 1. The Labute approximate surface area is 166 Å². The van der Waals surface area contributed by atoms with E-state index in [9.17, 15) is 4.79 Å². The number of nitrogen functional groups attached to an aromatic ring is 1. The van der Waals surface area contributed by atoms with Crippen LogP contribution in [0.5, 0.6) is 0 Å². The Morgan fingerprint density at radius 2 is 2.00 bits per heavy atom. The lowest BCUT2D eigenvalue weighted by Gasteiger charge is -2.12. The first-order valence-electron chi connectivity index (χ1n) is 8.22. The van der Waals surface area contributed by atoms with Crippen LogP contribution in [0.2, 0.25) is 5.02 Å². The largest absolute Gasteiger partial charge is 0.335 e. The summed E-state index contributed by atoms with van der Waals surface area (Å²) in [4.78, 5) is 12.6. The Kier molecular flexibility index (Phi) is 5.43. The lowest BCUT2D eigenvalue weighted by Crippen LogP contribution is -2.24. The molecule has 2 heterocycles. The highest BCUT2D eigenvalue weighted by Crippen LogP contribution is 2.29. The number of carbonyl (C=O) groups excluding carboxylic acids is 1. The summed E-state index contributed by atoms with van der Waals surface area (Å²) >= 11 is 7.42. The fourth-order valence-electron chi connectivity index (χ4n) is 2.57. The van der Waals surface area contributed by atoms with E-state index < -0.39 is 5.25 Å². The molecule has 0 saturated carbocycles. The van der Waals surface area contributed by atoms with Crippen molar-refractivity contribution in [3.63, 3.8) is 0 Å². The van der Waals surface area contributed by atoms with E-state index >= 15 is 0 Å². The van der Waals surface area contributed by atoms with Crippen molar-refractivity contribution in [1.82, 2.24) is 24.7 Å². The van der Waals surface area contributed by atoms with E-state index in [2.05, 4.69) is 20.6 Å². The molecule has 2 aromatic heterocycles. The number of hydrogen-bond donors (Lipinski definition) is 2. The van der Waals surface area contributed by atoms with Crippen LogP contribution in [0.3, 0.4) is 0 Å². The molecule has 0 fully saturated rings. The fourth-order valence-corrected chi connectivity index (χ4v) is 3.57. The lowest BCUT2D eigenvalue weighted by atomic mass is 10.2. The average molecular weight is 406 g/mol. The molecule has 1 aromatic carbocycles. The Morgan fingerprint density at radius 1 is 1.30 bits per heavy atom. The van der Waals surface area contributed by atoms with Crippen LogP contribution in [-0.2, 0) is 11.8 Å². The molecule has 0 spiro atoms. The molecule has 0 saturated heterocycles. The summed E-state index contributed by atoms with van der Waals surface area (Å²) in [7, 11) is 1.84. The third-order valence-electron chi connectivity index (χ3n) is 4.19. The number of nitrogens with one attached hydrogen (secondary N) is 1. The van der Waals surface area contributed by atoms with E-state index in [1.165, 1.54) is 16.4 Å². The number of thioether (sulfide) groups is 1. The van der Waals surface area contributed by atoms with Crippen molar-refractivity contribution < 1.29 is 4.79 Å². The number of halogens is 1. The molecule has 0 aliphatic carbocycles. The minimum Gasteiger partial charge on any atom is -0.335 e. The molecule has 0 aliphatic rings. The van der Waals surface area contributed by atoms with Crippen LogP contribution in [0.1, 0.15) is 18.3 Å². The monoisotopic (exact) mass is 405 g/mol. The van der Waals surface area contributed by atoms with Crippen molar-refractivity contribution >= 4 is 35.0 Å². The van der Waals surface area contributed by atoms with Crippen LogP contribution in [-0.4, -0.2) is 35.8 Å². The number of anilines is 1. The van der Waals surface area contributed by atoms with Gasteiger partial charge in [0, 0.05) is 12.6 Å². The molecular formula is C17H20ClN7OS. The summed E-state index contributed by atoms with van der Waals surface area (Å²) in [6.45, 7) is 5.54. The van der Waals surface area contributed by atoms with Crippen LogP contribution in [0, 0.1) is 13.8 Å². The Balaban J connectivity index is 1.76. The maximum absolute atomic E-state index is 12.6. The molecule has 3 N–H and O–H groups in total. The van der Waals surface area contributed by atoms with Crippen molar-refractivity contribution in [3.8, 4) is 11.4 Å². The lowest BCUT2D eigenvalue weighted by molar-refractivity contribution is -0.115. The Hall–Kier alpha value is -2.52. The van der Waals surface area contributed by atoms with Gasteiger partial charge in [0.05, 0.1) is 27.3 Å². The number of carbonyl (C=O) groups is 1. The van der Waals surface area contributed by atoms with E-state index in [4.69, 9.17) is 17.4 Å². The quantitative estimate of drug-likeness (QED) is 0.499. The van der Waals surface area contributed by atoms with Gasteiger partial charge in [-0.2, -0.15) is 5.10 Å². The van der Waals surface area contributed by atoms with Gasteiger partial charge in [0.25, 0.3) is 0 Å². The smallest absolute Gasteiger partial charge is 0.237 e. The predicted molar refractivity (Wildman–Crippen MR) is 107 cm³/mol. The first-order chi connectivity index (χ1) is 12.8. The van der Waals surface area contributed by atoms with Crippen molar-refractivity contribution in [2.75, 3.05) is 11.2 Å². The predicted octanol–water partition coefficient (Wildman–Crippen LogP) is 2.78. The van der Waals surface area contributed by atoms with Crippen molar-refractivity contribution in [1.29, 1.82) is 0 Å². The Bertz CT molecular complexity index is 997. The summed E-state index contributed by atoms with van der Waals surface area (Å²) in [5, 5.41) is 16.0. The summed E-state index contributed by atoms with van der Waals surface area (Å²) in [6.07, 6.45) is 0. The van der Waals surface area contributed by atoms with Crippen LogP contribution in [0.25, 0.3) is 11.4 Å². The van der Waals surface area contributed by atoms with Gasteiger partial charge in [0.2, 0.25) is 11.1 Å². The first-order valence-corrected chi connectivity index (χ1v) is 9.48. The molecule has 142 valence electrons. The summed E-state index contributed by atoms with van der Waals surface area (Å²) in [5.74, 6) is 6.40. The molecule has 3 rings (SSSR count). The van der Waals surface area contributed by atoms with E-state index in [0.717, 1.165) is 17.1 Å². The molecule has 10 heteroatoms. The summed E-state index contributed by atoms with van der Waals surface area (Å²) in [6, 6.07) is 7.24. The minimum absolute atomic E-state index is 0.165. The van der Waals surface area contributed by atoms with Crippen molar-refractivity contribution in [2.24, 2.45) is 7.05 Å². The van der Waals surface area contributed by atoms with E-state index in [1.807, 2.05) is 39.1 Å². The number of aromatic nitrogens is 5. The zero-order valence-electron chi connectivity index (χ0n) is 15.4. The van der Waals surface area contributed by atoms with Gasteiger partial charge < -0.3 is 11.2 Å². The second kappa shape index (κ2) is 7.61. The topological polar surface area (TPSA) is 104 Å². The standard InChI is InChI=1S/C17H20ClN7OS/c1-9-14(10(2)24(4)23-9)20-16(26)11(3)27-17-22-21-15(25(17)19)12-7-5-6-8-13(12)18/h5-8,11H,19H2,1-4H3,(H,20,26)/t11-/m1/s1. The van der Waals surface area contributed by atoms with Crippen LogP contribution in [0.4, 0.5) is 5.69 Å². The zero-order chi connectivity index (χ0) is 19.7. The van der Waals surface area contributed by atoms with Crippen molar-refractivity contribution in [2.45, 2.75) is 31.2 Å². The SMILES string of the molecule is Cc1nn(C)c(C)c1NC(=O)[C@@H](C)Sc1nnc(-c2ccccc2Cl)n1N. The fraction of sp³-hybridized carbons (Fsp3) is 0.294. The number of hydrogen-bond acceptors (Lipinski definition) is 6. The molecule has 0 aliphatic heterocycles. The third kappa shape index (κ3) is 3.79. The third-order valence-corrected chi connectivity index (χ3v) is 5.57. The van der Waals surface area contributed by atoms with E-state index in [1.54, 1.807) is 17.7 Å². The second-order valence-corrected chi connectivity index (χ2v) is 7.79. The Morgan fingerprint density at radius 3 is 2.63 bits per heavy atom. The number of nitrogens with zero attached hydrogens (tertiary/aromatic N) is 5. The molecule has 0 unspecified atom stereocenters. The molecule has 27 heavy (non-hydrogen) atoms. The highest BCUT2D eigenvalue weighted by atomic mass is 35.5. The van der Waals surface area contributed by atoms with Gasteiger partial charge in [0.1, 0.15) is 0 Å². The maximum Gasteiger partial charge on any atom is 0.237 e. The van der Waals surface area contributed by atoms with Crippen LogP contribution >= 0.6 is 23.4 Å². The van der Waals surface area contributed by atoms with Crippen LogP contribution in [0.15, 0.2) is 29.4 Å². The summed E-state index contributed by atoms with van der Waals surface area (Å²) < 4.78 is 3.07. The van der Waals surface area contributed by atoms with Gasteiger partial charge in [-0.25, -0.2) is 4.68 Å². The number of benzene rings is 1.